The number of carbonyl (C=O) groups excluding carboxylic acids is 1. The van der Waals surface area contributed by atoms with E-state index >= 15 is 0 Å². The number of nitrogen functional groups attached to an aromatic ring is 1. The van der Waals surface area contributed by atoms with Gasteiger partial charge in [-0.1, -0.05) is 0 Å². The molecule has 2 aromatic rings. The summed E-state index contributed by atoms with van der Waals surface area (Å²) in [5, 5.41) is 5.01. The van der Waals surface area contributed by atoms with E-state index in [2.05, 4.69) is 21.7 Å². The molecule has 3 rings (SSSR count). The van der Waals surface area contributed by atoms with Gasteiger partial charge in [-0.25, -0.2) is 4.98 Å². The molecule has 0 saturated carbocycles. The molecular weight excluding hydrogens is 270 g/mol. The van der Waals surface area contributed by atoms with Gasteiger partial charge in [0.1, 0.15) is 5.82 Å². The van der Waals surface area contributed by atoms with Crippen LogP contribution in [0.1, 0.15) is 34.8 Å². The Morgan fingerprint density at radius 1 is 1.55 bits per heavy atom. The molecule has 1 aliphatic carbocycles. The fourth-order valence-corrected chi connectivity index (χ4v) is 3.68. The van der Waals surface area contributed by atoms with Gasteiger partial charge in [0.15, 0.2) is 0 Å². The number of hydrogen-bond donors (Lipinski definition) is 2. The van der Waals surface area contributed by atoms with Crippen molar-refractivity contribution in [3.05, 3.63) is 39.7 Å². The van der Waals surface area contributed by atoms with E-state index in [0.717, 1.165) is 24.8 Å². The molecule has 1 amide bonds. The summed E-state index contributed by atoms with van der Waals surface area (Å²) in [6, 6.07) is 3.90. The van der Waals surface area contributed by atoms with Crippen LogP contribution in [-0.4, -0.2) is 10.9 Å². The number of nitrogens with two attached hydrogens (primary N) is 1. The predicted molar refractivity (Wildman–Crippen MR) is 82.0 cm³/mol. The average Bonchev–Trinajstić information content (AvgIpc) is 2.90. The largest absolute Gasteiger partial charge is 0.397 e. The Morgan fingerprint density at radius 2 is 2.40 bits per heavy atom. The lowest BCUT2D eigenvalue weighted by atomic mass is 9.87. The third-order valence-electron chi connectivity index (χ3n) is 3.71. The van der Waals surface area contributed by atoms with Crippen molar-refractivity contribution in [3.8, 4) is 0 Å². The minimum Gasteiger partial charge on any atom is -0.397 e. The smallest absolute Gasteiger partial charge is 0.233 e. The maximum absolute atomic E-state index is 12.5. The Labute approximate surface area is 122 Å². The second kappa shape index (κ2) is 5.25. The Hall–Kier alpha value is -1.88. The Bertz CT molecular complexity index is 650. The van der Waals surface area contributed by atoms with E-state index in [9.17, 15) is 4.79 Å². The summed E-state index contributed by atoms with van der Waals surface area (Å²) < 4.78 is 0. The zero-order valence-corrected chi connectivity index (χ0v) is 12.2. The number of fused-ring (bicyclic) bond motifs is 1. The van der Waals surface area contributed by atoms with Gasteiger partial charge in [0.25, 0.3) is 0 Å². The quantitative estimate of drug-likeness (QED) is 0.892. The number of nitrogens with zero attached hydrogens (tertiary/aromatic N) is 1. The lowest BCUT2D eigenvalue weighted by Gasteiger charge is -2.22. The molecule has 0 aliphatic heterocycles. The van der Waals surface area contributed by atoms with Crippen LogP contribution in [0.15, 0.2) is 23.7 Å². The summed E-state index contributed by atoms with van der Waals surface area (Å²) in [7, 11) is 0. The van der Waals surface area contributed by atoms with Crippen molar-refractivity contribution in [2.75, 3.05) is 11.1 Å². The first kappa shape index (κ1) is 13.1. The number of anilines is 2. The van der Waals surface area contributed by atoms with Crippen molar-refractivity contribution in [3.63, 3.8) is 0 Å². The number of hydrogen-bond acceptors (Lipinski definition) is 4. The maximum Gasteiger partial charge on any atom is 0.233 e. The summed E-state index contributed by atoms with van der Waals surface area (Å²) in [4.78, 5) is 18.0. The molecule has 20 heavy (non-hydrogen) atoms. The van der Waals surface area contributed by atoms with Crippen LogP contribution >= 0.6 is 11.3 Å². The zero-order chi connectivity index (χ0) is 14.1. The number of nitrogens with one attached hydrogen (secondary N) is 1. The normalized spacial score (nSPS) is 17.6. The number of thiophene rings is 1. The Kier molecular flexibility index (Phi) is 3.44. The second-order valence-electron chi connectivity index (χ2n) is 5.17. The van der Waals surface area contributed by atoms with Crippen molar-refractivity contribution in [1.29, 1.82) is 0 Å². The minimum atomic E-state index is -0.0521. The number of carbonyl (C=O) groups is 1. The lowest BCUT2D eigenvalue weighted by molar-refractivity contribution is -0.117. The van der Waals surface area contributed by atoms with Crippen LogP contribution in [-0.2, 0) is 11.2 Å². The highest BCUT2D eigenvalue weighted by Crippen LogP contribution is 2.35. The number of rotatable bonds is 2. The third kappa shape index (κ3) is 2.41. The van der Waals surface area contributed by atoms with Crippen LogP contribution < -0.4 is 11.1 Å². The van der Waals surface area contributed by atoms with Gasteiger partial charge >= 0.3 is 0 Å². The van der Waals surface area contributed by atoms with Crippen molar-refractivity contribution in [2.45, 2.75) is 32.1 Å². The van der Waals surface area contributed by atoms with Gasteiger partial charge in [-0.3, -0.25) is 4.79 Å². The van der Waals surface area contributed by atoms with Crippen LogP contribution in [0, 0.1) is 6.92 Å². The Balaban J connectivity index is 1.81. The van der Waals surface area contributed by atoms with E-state index in [1.807, 2.05) is 13.0 Å². The van der Waals surface area contributed by atoms with Gasteiger partial charge in [-0.05, 0) is 54.8 Å². The minimum absolute atomic E-state index is 0.0321. The Morgan fingerprint density at radius 3 is 3.20 bits per heavy atom. The molecule has 0 aromatic carbocycles. The van der Waals surface area contributed by atoms with Gasteiger partial charge in [0.2, 0.25) is 5.91 Å². The molecule has 3 N–H and O–H groups in total. The van der Waals surface area contributed by atoms with Gasteiger partial charge < -0.3 is 11.1 Å². The van der Waals surface area contributed by atoms with Crippen molar-refractivity contribution in [1.82, 2.24) is 4.98 Å². The summed E-state index contributed by atoms with van der Waals surface area (Å²) in [6.45, 7) is 1.90. The number of aryl methyl sites for hydroxylation is 2. The molecule has 0 fully saturated rings. The molecule has 1 aliphatic rings. The molecule has 0 saturated heterocycles. The summed E-state index contributed by atoms with van der Waals surface area (Å²) in [6.07, 6.45) is 4.64. The number of amides is 1. The van der Waals surface area contributed by atoms with Gasteiger partial charge in [0, 0.05) is 4.88 Å². The van der Waals surface area contributed by atoms with Gasteiger partial charge in [-0.15, -0.1) is 11.3 Å². The fourth-order valence-electron chi connectivity index (χ4n) is 2.69. The van der Waals surface area contributed by atoms with Gasteiger partial charge in [-0.2, -0.15) is 0 Å². The standard InChI is InChI=1S/C15H17N3OS/c1-9-7-10(16)8-17-14(9)18-15(19)12-3-2-4-13-11(12)5-6-20-13/h5-8,12H,2-4,16H2,1H3,(H,17,18,19). The maximum atomic E-state index is 12.5. The first-order valence-electron chi connectivity index (χ1n) is 6.74. The number of pyridine rings is 1. The van der Waals surface area contributed by atoms with Gasteiger partial charge in [0.05, 0.1) is 17.8 Å². The van der Waals surface area contributed by atoms with Crippen molar-refractivity contribution in [2.24, 2.45) is 0 Å². The highest BCUT2D eigenvalue weighted by molar-refractivity contribution is 7.10. The van der Waals surface area contributed by atoms with E-state index in [4.69, 9.17) is 5.73 Å². The van der Waals surface area contributed by atoms with Crippen LogP contribution in [0.25, 0.3) is 0 Å². The predicted octanol–water partition coefficient (Wildman–Crippen LogP) is 3.09. The molecule has 0 radical (unpaired) electrons. The van der Waals surface area contributed by atoms with E-state index in [1.165, 1.54) is 10.4 Å². The van der Waals surface area contributed by atoms with E-state index in [-0.39, 0.29) is 11.8 Å². The first-order valence-corrected chi connectivity index (χ1v) is 7.62. The van der Waals surface area contributed by atoms with Crippen LogP contribution in [0.3, 0.4) is 0 Å². The van der Waals surface area contributed by atoms with E-state index in [0.29, 0.717) is 11.5 Å². The molecular formula is C15H17N3OS. The third-order valence-corrected chi connectivity index (χ3v) is 4.71. The zero-order valence-electron chi connectivity index (χ0n) is 11.3. The highest BCUT2D eigenvalue weighted by atomic mass is 32.1. The number of aromatic nitrogens is 1. The highest BCUT2D eigenvalue weighted by Gasteiger charge is 2.27. The lowest BCUT2D eigenvalue weighted by Crippen LogP contribution is -2.24. The molecule has 2 aromatic heterocycles. The molecule has 0 spiro atoms. The van der Waals surface area contributed by atoms with E-state index in [1.54, 1.807) is 17.5 Å². The summed E-state index contributed by atoms with van der Waals surface area (Å²) in [5.74, 6) is 0.583. The molecule has 0 bridgehead atoms. The van der Waals surface area contributed by atoms with Crippen LogP contribution in [0.4, 0.5) is 11.5 Å². The summed E-state index contributed by atoms with van der Waals surface area (Å²) >= 11 is 1.75. The fraction of sp³-hybridized carbons (Fsp3) is 0.333. The van der Waals surface area contributed by atoms with Crippen LogP contribution in [0.5, 0.6) is 0 Å². The second-order valence-corrected chi connectivity index (χ2v) is 6.17. The molecule has 1 atom stereocenters. The van der Waals surface area contributed by atoms with Crippen molar-refractivity contribution < 1.29 is 4.79 Å². The monoisotopic (exact) mass is 287 g/mol. The molecule has 4 nitrogen and oxygen atoms in total. The molecule has 1 unspecified atom stereocenters. The van der Waals surface area contributed by atoms with E-state index < -0.39 is 0 Å². The van der Waals surface area contributed by atoms with Crippen molar-refractivity contribution >= 4 is 28.7 Å². The van der Waals surface area contributed by atoms with Crippen LogP contribution in [0.2, 0.25) is 0 Å². The topological polar surface area (TPSA) is 68.0 Å². The first-order chi connectivity index (χ1) is 9.65. The SMILES string of the molecule is Cc1cc(N)cnc1NC(=O)C1CCCc2sccc21. The summed E-state index contributed by atoms with van der Waals surface area (Å²) in [5.41, 5.74) is 8.36. The molecule has 2 heterocycles. The average molecular weight is 287 g/mol. The molecule has 104 valence electrons. The molecule has 5 heteroatoms.